The lowest BCUT2D eigenvalue weighted by Crippen LogP contribution is -2.03. The first-order valence-corrected chi connectivity index (χ1v) is 5.49. The summed E-state index contributed by atoms with van der Waals surface area (Å²) in [4.78, 5) is 4.24. The highest BCUT2D eigenvalue weighted by Crippen LogP contribution is 2.19. The second kappa shape index (κ2) is 4.35. The molecule has 16 heavy (non-hydrogen) atoms. The topological polar surface area (TPSA) is 56.7 Å². The molecule has 0 saturated heterocycles. The molecule has 84 valence electrons. The molecule has 0 aliphatic rings. The minimum absolute atomic E-state index is 0.683. The Bertz CT molecular complexity index is 473. The largest absolute Gasteiger partial charge is 0.383 e. The molecule has 2 aromatic heterocycles. The van der Waals surface area contributed by atoms with Crippen LogP contribution in [0.3, 0.4) is 0 Å². The molecule has 0 aromatic carbocycles. The zero-order chi connectivity index (χ0) is 11.5. The number of nitrogens with zero attached hydrogens (tertiary/aromatic N) is 3. The summed E-state index contributed by atoms with van der Waals surface area (Å²) < 4.78 is 1.71. The SMILES string of the molecule is CCCc1nn(-c2ccccn2)c(N)c1C. The van der Waals surface area contributed by atoms with Gasteiger partial charge in [-0.2, -0.15) is 9.78 Å². The molecule has 2 rings (SSSR count). The van der Waals surface area contributed by atoms with Gasteiger partial charge in [0, 0.05) is 11.8 Å². The van der Waals surface area contributed by atoms with Crippen molar-refractivity contribution in [2.75, 3.05) is 5.73 Å². The van der Waals surface area contributed by atoms with Gasteiger partial charge in [0.15, 0.2) is 5.82 Å². The Hall–Kier alpha value is -1.84. The molecule has 0 radical (unpaired) electrons. The number of hydrogen-bond donors (Lipinski definition) is 1. The van der Waals surface area contributed by atoms with Crippen molar-refractivity contribution in [1.82, 2.24) is 14.8 Å². The first-order valence-electron chi connectivity index (χ1n) is 5.49. The Morgan fingerprint density at radius 1 is 1.38 bits per heavy atom. The van der Waals surface area contributed by atoms with Crippen molar-refractivity contribution in [3.05, 3.63) is 35.7 Å². The van der Waals surface area contributed by atoms with Crippen molar-refractivity contribution in [1.29, 1.82) is 0 Å². The molecule has 0 amide bonds. The molecule has 0 fully saturated rings. The molecule has 0 saturated carbocycles. The zero-order valence-corrected chi connectivity index (χ0v) is 9.64. The van der Waals surface area contributed by atoms with Crippen LogP contribution >= 0.6 is 0 Å². The Morgan fingerprint density at radius 3 is 2.81 bits per heavy atom. The Morgan fingerprint density at radius 2 is 2.19 bits per heavy atom. The van der Waals surface area contributed by atoms with Crippen LogP contribution in [-0.4, -0.2) is 14.8 Å². The maximum atomic E-state index is 6.03. The van der Waals surface area contributed by atoms with E-state index in [1.165, 1.54) is 0 Å². The fourth-order valence-electron chi connectivity index (χ4n) is 1.68. The molecule has 0 atom stereocenters. The van der Waals surface area contributed by atoms with Gasteiger partial charge < -0.3 is 5.73 Å². The zero-order valence-electron chi connectivity index (χ0n) is 9.64. The highest BCUT2D eigenvalue weighted by Gasteiger charge is 2.12. The summed E-state index contributed by atoms with van der Waals surface area (Å²) in [5.74, 6) is 1.45. The normalized spacial score (nSPS) is 10.6. The third kappa shape index (κ3) is 1.78. The highest BCUT2D eigenvalue weighted by molar-refractivity contribution is 5.47. The van der Waals surface area contributed by atoms with Gasteiger partial charge in [-0.25, -0.2) is 4.98 Å². The summed E-state index contributed by atoms with van der Waals surface area (Å²) in [6.07, 6.45) is 3.76. The fraction of sp³-hybridized carbons (Fsp3) is 0.333. The van der Waals surface area contributed by atoms with Crippen LogP contribution in [0, 0.1) is 6.92 Å². The Kier molecular flexibility index (Phi) is 2.90. The van der Waals surface area contributed by atoms with E-state index >= 15 is 0 Å². The molecule has 2 heterocycles. The Labute approximate surface area is 95.1 Å². The number of aromatic nitrogens is 3. The predicted molar refractivity (Wildman–Crippen MR) is 64.5 cm³/mol. The summed E-state index contributed by atoms with van der Waals surface area (Å²) in [5, 5.41) is 4.50. The Balaban J connectivity index is 2.46. The van der Waals surface area contributed by atoms with Crippen LogP contribution in [0.25, 0.3) is 5.82 Å². The molecule has 2 N–H and O–H groups in total. The molecule has 0 aliphatic heterocycles. The van der Waals surface area contributed by atoms with Crippen LogP contribution in [-0.2, 0) is 6.42 Å². The minimum atomic E-state index is 0.683. The van der Waals surface area contributed by atoms with Crippen molar-refractivity contribution in [3.63, 3.8) is 0 Å². The fourth-order valence-corrected chi connectivity index (χ4v) is 1.68. The molecular weight excluding hydrogens is 200 g/mol. The molecule has 0 aliphatic carbocycles. The molecule has 0 spiro atoms. The third-order valence-corrected chi connectivity index (χ3v) is 2.62. The second-order valence-electron chi connectivity index (χ2n) is 3.81. The molecule has 4 heteroatoms. The van der Waals surface area contributed by atoms with Gasteiger partial charge in [-0.15, -0.1) is 0 Å². The molecule has 2 aromatic rings. The number of hydrogen-bond acceptors (Lipinski definition) is 3. The lowest BCUT2D eigenvalue weighted by atomic mass is 10.2. The van der Waals surface area contributed by atoms with Gasteiger partial charge in [0.1, 0.15) is 5.82 Å². The number of aryl methyl sites for hydroxylation is 1. The van der Waals surface area contributed by atoms with Crippen LogP contribution in [0.2, 0.25) is 0 Å². The van der Waals surface area contributed by atoms with Crippen LogP contribution in [0.5, 0.6) is 0 Å². The predicted octanol–water partition coefficient (Wildman–Crippen LogP) is 2.11. The van der Waals surface area contributed by atoms with Gasteiger partial charge in [0.05, 0.1) is 5.69 Å². The summed E-state index contributed by atoms with van der Waals surface area (Å²) in [7, 11) is 0. The van der Waals surface area contributed by atoms with Crippen molar-refractivity contribution < 1.29 is 0 Å². The van der Waals surface area contributed by atoms with E-state index in [4.69, 9.17) is 5.73 Å². The van der Waals surface area contributed by atoms with Crippen LogP contribution in [0.15, 0.2) is 24.4 Å². The van der Waals surface area contributed by atoms with E-state index in [1.54, 1.807) is 10.9 Å². The van der Waals surface area contributed by atoms with E-state index < -0.39 is 0 Å². The lowest BCUT2D eigenvalue weighted by Gasteiger charge is -2.01. The van der Waals surface area contributed by atoms with Gasteiger partial charge in [-0.3, -0.25) is 0 Å². The van der Waals surface area contributed by atoms with Crippen molar-refractivity contribution in [3.8, 4) is 5.82 Å². The summed E-state index contributed by atoms with van der Waals surface area (Å²) in [6, 6.07) is 5.71. The van der Waals surface area contributed by atoms with Crippen LogP contribution in [0.1, 0.15) is 24.6 Å². The first-order chi connectivity index (χ1) is 7.74. The van der Waals surface area contributed by atoms with E-state index in [2.05, 4.69) is 17.0 Å². The average Bonchev–Trinajstić information content (AvgIpc) is 2.59. The van der Waals surface area contributed by atoms with Gasteiger partial charge in [0.2, 0.25) is 0 Å². The number of anilines is 1. The molecule has 0 unspecified atom stereocenters. The minimum Gasteiger partial charge on any atom is -0.383 e. The number of pyridine rings is 1. The van der Waals surface area contributed by atoms with Crippen molar-refractivity contribution >= 4 is 5.82 Å². The van der Waals surface area contributed by atoms with Crippen molar-refractivity contribution in [2.45, 2.75) is 26.7 Å². The van der Waals surface area contributed by atoms with Crippen LogP contribution in [0.4, 0.5) is 5.82 Å². The van der Waals surface area contributed by atoms with Crippen LogP contribution < -0.4 is 5.73 Å². The average molecular weight is 216 g/mol. The molecule has 0 bridgehead atoms. The van der Waals surface area contributed by atoms with Gasteiger partial charge in [-0.1, -0.05) is 19.4 Å². The van der Waals surface area contributed by atoms with E-state index in [9.17, 15) is 0 Å². The molecule has 4 nitrogen and oxygen atoms in total. The van der Waals surface area contributed by atoms with Gasteiger partial charge in [0.25, 0.3) is 0 Å². The number of rotatable bonds is 3. The maximum absolute atomic E-state index is 6.03. The number of nitrogen functional groups attached to an aromatic ring is 1. The summed E-state index contributed by atoms with van der Waals surface area (Å²) in [5.41, 5.74) is 8.15. The van der Waals surface area contributed by atoms with Crippen molar-refractivity contribution in [2.24, 2.45) is 0 Å². The smallest absolute Gasteiger partial charge is 0.155 e. The monoisotopic (exact) mass is 216 g/mol. The summed E-state index contributed by atoms with van der Waals surface area (Å²) in [6.45, 7) is 4.14. The number of nitrogens with two attached hydrogens (primary N) is 1. The molecular formula is C12H16N4. The van der Waals surface area contributed by atoms with E-state index in [1.807, 2.05) is 25.1 Å². The maximum Gasteiger partial charge on any atom is 0.155 e. The van der Waals surface area contributed by atoms with Gasteiger partial charge in [-0.05, 0) is 25.5 Å². The third-order valence-electron chi connectivity index (χ3n) is 2.62. The first kappa shape index (κ1) is 10.7. The van der Waals surface area contributed by atoms with Gasteiger partial charge >= 0.3 is 0 Å². The standard InChI is InChI=1S/C12H16N4/c1-3-6-10-9(2)12(13)16(15-10)11-7-4-5-8-14-11/h4-5,7-8H,3,6,13H2,1-2H3. The van der Waals surface area contributed by atoms with E-state index in [-0.39, 0.29) is 0 Å². The highest BCUT2D eigenvalue weighted by atomic mass is 15.3. The lowest BCUT2D eigenvalue weighted by molar-refractivity contribution is 0.794. The summed E-state index contributed by atoms with van der Waals surface area (Å²) >= 11 is 0. The second-order valence-corrected chi connectivity index (χ2v) is 3.81. The van der Waals surface area contributed by atoms with E-state index in [0.29, 0.717) is 5.82 Å². The quantitative estimate of drug-likeness (QED) is 0.854. The van der Waals surface area contributed by atoms with E-state index in [0.717, 1.165) is 29.9 Å².